The molecule has 1 atom stereocenters. The highest BCUT2D eigenvalue weighted by atomic mass is 19.4. The van der Waals surface area contributed by atoms with Gasteiger partial charge in [0, 0.05) is 24.2 Å². The van der Waals surface area contributed by atoms with Gasteiger partial charge in [0.1, 0.15) is 11.8 Å². The van der Waals surface area contributed by atoms with Crippen LogP contribution in [0.3, 0.4) is 0 Å². The van der Waals surface area contributed by atoms with Crippen molar-refractivity contribution in [1.82, 2.24) is 15.6 Å². The average molecular weight is 339 g/mol. The van der Waals surface area contributed by atoms with Crippen molar-refractivity contribution in [3.8, 4) is 5.75 Å². The summed E-state index contributed by atoms with van der Waals surface area (Å²) < 4.78 is 40.4. The lowest BCUT2D eigenvalue weighted by molar-refractivity contribution is -0.274. The molecule has 1 unspecified atom stereocenters. The highest BCUT2D eigenvalue weighted by Crippen LogP contribution is 2.26. The number of hydrogen-bond donors (Lipinski definition) is 2. The molecule has 6 nitrogen and oxygen atoms in total. The molecular formula is C15H12F3N3O3. The summed E-state index contributed by atoms with van der Waals surface area (Å²) in [5.41, 5.74) is 0.471. The van der Waals surface area contributed by atoms with Crippen LogP contribution in [0, 0.1) is 0 Å². The Hall–Kier alpha value is -2.84. The first-order valence-corrected chi connectivity index (χ1v) is 7.06. The first kappa shape index (κ1) is 16.0. The fourth-order valence-electron chi connectivity index (χ4n) is 2.40. The summed E-state index contributed by atoms with van der Waals surface area (Å²) >= 11 is 0. The van der Waals surface area contributed by atoms with Gasteiger partial charge in [0.25, 0.3) is 5.91 Å². The van der Waals surface area contributed by atoms with Gasteiger partial charge < -0.3 is 15.4 Å². The summed E-state index contributed by atoms with van der Waals surface area (Å²) in [6.07, 6.45) is -3.04. The van der Waals surface area contributed by atoms with Crippen LogP contribution < -0.4 is 15.4 Å². The summed E-state index contributed by atoms with van der Waals surface area (Å²) in [7, 11) is 0. The van der Waals surface area contributed by atoms with Crippen LogP contribution in [0.1, 0.15) is 16.8 Å². The van der Waals surface area contributed by atoms with Crippen LogP contribution in [0.25, 0.3) is 10.9 Å². The Bertz CT molecular complexity index is 807. The average Bonchev–Trinajstić information content (AvgIpc) is 2.90. The van der Waals surface area contributed by atoms with Gasteiger partial charge in [-0.15, -0.1) is 13.2 Å². The van der Waals surface area contributed by atoms with Gasteiger partial charge in [0.2, 0.25) is 5.91 Å². The van der Waals surface area contributed by atoms with Gasteiger partial charge in [-0.05, 0) is 24.6 Å². The number of fused-ring (bicyclic) bond motifs is 1. The summed E-state index contributed by atoms with van der Waals surface area (Å²) in [5.74, 6) is -1.10. The molecule has 9 heteroatoms. The van der Waals surface area contributed by atoms with Gasteiger partial charge in [0.05, 0.1) is 11.1 Å². The number of aromatic nitrogens is 1. The minimum atomic E-state index is -4.78. The number of pyridine rings is 1. The third-order valence-electron chi connectivity index (χ3n) is 3.51. The van der Waals surface area contributed by atoms with Gasteiger partial charge in [-0.1, -0.05) is 0 Å². The lowest BCUT2D eigenvalue weighted by atomic mass is 10.1. The standard InChI is InChI=1S/C15H12F3N3O3/c16-15(17,18)24-10-2-1-8-5-9(7-20-12(8)6-10)13(22)21-11-3-4-19-14(11)23/h1-2,5-7,11H,3-4H2,(H,19,23)(H,21,22). The number of ether oxygens (including phenoxy) is 1. The molecule has 24 heavy (non-hydrogen) atoms. The number of benzene rings is 1. The maximum atomic E-state index is 12.2. The second kappa shape index (κ2) is 5.99. The molecule has 126 valence electrons. The fourth-order valence-corrected chi connectivity index (χ4v) is 2.40. The van der Waals surface area contributed by atoms with Crippen molar-refractivity contribution in [2.24, 2.45) is 0 Å². The normalized spacial score (nSPS) is 17.6. The van der Waals surface area contributed by atoms with Crippen LogP contribution in [0.5, 0.6) is 5.75 Å². The molecule has 0 radical (unpaired) electrons. The lowest BCUT2D eigenvalue weighted by Gasteiger charge is -2.11. The topological polar surface area (TPSA) is 80.3 Å². The predicted octanol–water partition coefficient (Wildman–Crippen LogP) is 1.75. The monoisotopic (exact) mass is 339 g/mol. The molecule has 2 heterocycles. The quantitative estimate of drug-likeness (QED) is 0.893. The Labute approximate surface area is 134 Å². The molecule has 1 fully saturated rings. The highest BCUT2D eigenvalue weighted by Gasteiger charge is 2.31. The van der Waals surface area contributed by atoms with Crippen molar-refractivity contribution in [2.75, 3.05) is 6.54 Å². The lowest BCUT2D eigenvalue weighted by Crippen LogP contribution is -2.40. The highest BCUT2D eigenvalue weighted by molar-refractivity contribution is 6.00. The number of carbonyl (C=O) groups excluding carboxylic acids is 2. The van der Waals surface area contributed by atoms with Crippen molar-refractivity contribution >= 4 is 22.7 Å². The summed E-state index contributed by atoms with van der Waals surface area (Å²) in [6.45, 7) is 0.502. The first-order valence-electron chi connectivity index (χ1n) is 7.06. The second-order valence-corrected chi connectivity index (χ2v) is 5.23. The van der Waals surface area contributed by atoms with Crippen LogP contribution in [0.15, 0.2) is 30.5 Å². The van der Waals surface area contributed by atoms with Crippen molar-refractivity contribution in [2.45, 2.75) is 18.8 Å². The van der Waals surface area contributed by atoms with E-state index in [9.17, 15) is 22.8 Å². The van der Waals surface area contributed by atoms with Crippen LogP contribution in [-0.2, 0) is 4.79 Å². The zero-order chi connectivity index (χ0) is 17.3. The number of carbonyl (C=O) groups is 2. The van der Waals surface area contributed by atoms with Gasteiger partial charge in [-0.3, -0.25) is 14.6 Å². The largest absolute Gasteiger partial charge is 0.573 e. The Morgan fingerprint density at radius 3 is 2.79 bits per heavy atom. The molecule has 0 spiro atoms. The molecule has 2 amide bonds. The first-order chi connectivity index (χ1) is 11.3. The third kappa shape index (κ3) is 3.55. The van der Waals surface area contributed by atoms with E-state index >= 15 is 0 Å². The number of nitrogens with zero attached hydrogens (tertiary/aromatic N) is 1. The van der Waals surface area contributed by atoms with E-state index in [0.29, 0.717) is 18.4 Å². The molecule has 0 bridgehead atoms. The minimum absolute atomic E-state index is 0.215. The Morgan fingerprint density at radius 2 is 2.12 bits per heavy atom. The Balaban J connectivity index is 1.79. The molecule has 1 saturated heterocycles. The van der Waals surface area contributed by atoms with Gasteiger partial charge >= 0.3 is 6.36 Å². The van der Waals surface area contributed by atoms with Crippen molar-refractivity contribution in [3.63, 3.8) is 0 Å². The van der Waals surface area contributed by atoms with Gasteiger partial charge in [0.15, 0.2) is 0 Å². The predicted molar refractivity (Wildman–Crippen MR) is 77.3 cm³/mol. The van der Waals surface area contributed by atoms with Crippen LogP contribution in [0.4, 0.5) is 13.2 Å². The molecule has 0 saturated carbocycles. The maximum absolute atomic E-state index is 12.2. The molecular weight excluding hydrogens is 327 g/mol. The number of hydrogen-bond acceptors (Lipinski definition) is 4. The number of nitrogens with one attached hydrogen (secondary N) is 2. The van der Waals surface area contributed by atoms with E-state index in [1.165, 1.54) is 18.3 Å². The maximum Gasteiger partial charge on any atom is 0.573 e. The van der Waals surface area contributed by atoms with Gasteiger partial charge in [-0.2, -0.15) is 0 Å². The SMILES string of the molecule is O=C(NC1CCNC1=O)c1cnc2cc(OC(F)(F)F)ccc2c1. The number of halogens is 3. The molecule has 1 aliphatic heterocycles. The Kier molecular flexibility index (Phi) is 4.00. The Morgan fingerprint density at radius 1 is 1.33 bits per heavy atom. The van der Waals surface area contributed by atoms with E-state index in [4.69, 9.17) is 0 Å². The van der Waals surface area contributed by atoms with E-state index in [0.717, 1.165) is 12.1 Å². The van der Waals surface area contributed by atoms with Gasteiger partial charge in [-0.25, -0.2) is 0 Å². The smallest absolute Gasteiger partial charge is 0.406 e. The van der Waals surface area contributed by atoms with Crippen molar-refractivity contribution in [1.29, 1.82) is 0 Å². The van der Waals surface area contributed by atoms with Crippen molar-refractivity contribution in [3.05, 3.63) is 36.0 Å². The number of rotatable bonds is 3. The minimum Gasteiger partial charge on any atom is -0.406 e. The zero-order valence-corrected chi connectivity index (χ0v) is 12.2. The zero-order valence-electron chi connectivity index (χ0n) is 12.2. The second-order valence-electron chi connectivity index (χ2n) is 5.23. The van der Waals surface area contributed by atoms with Crippen LogP contribution in [-0.4, -0.2) is 35.7 Å². The van der Waals surface area contributed by atoms with E-state index < -0.39 is 18.3 Å². The number of alkyl halides is 3. The molecule has 0 aliphatic carbocycles. The van der Waals surface area contributed by atoms with Crippen LogP contribution >= 0.6 is 0 Å². The van der Waals surface area contributed by atoms with E-state index in [-0.39, 0.29) is 22.7 Å². The van der Waals surface area contributed by atoms with E-state index in [1.807, 2.05) is 0 Å². The molecule has 3 rings (SSSR count). The van der Waals surface area contributed by atoms with Crippen molar-refractivity contribution < 1.29 is 27.5 Å². The molecule has 1 aromatic carbocycles. The molecule has 1 aliphatic rings. The van der Waals surface area contributed by atoms with E-state index in [2.05, 4.69) is 20.4 Å². The molecule has 2 N–H and O–H groups in total. The summed E-state index contributed by atoms with van der Waals surface area (Å²) in [5, 5.41) is 5.67. The summed E-state index contributed by atoms with van der Waals surface area (Å²) in [4.78, 5) is 27.6. The number of amides is 2. The molecule has 1 aromatic heterocycles. The fraction of sp³-hybridized carbons (Fsp3) is 0.267. The van der Waals surface area contributed by atoms with Crippen LogP contribution in [0.2, 0.25) is 0 Å². The summed E-state index contributed by atoms with van der Waals surface area (Å²) in [6, 6.07) is 4.55. The third-order valence-corrected chi connectivity index (χ3v) is 3.51. The molecule has 2 aromatic rings. The van der Waals surface area contributed by atoms with E-state index in [1.54, 1.807) is 0 Å².